The summed E-state index contributed by atoms with van der Waals surface area (Å²) in [5.74, 6) is 0. The molecule has 5 aromatic carbocycles. The number of aromatic amines is 1. The molecule has 8 aromatic rings. The molecule has 8 rings (SSSR count). The second-order valence-corrected chi connectivity index (χ2v) is 15.7. The average molecular weight is 662 g/mol. The molecule has 0 amide bonds. The van der Waals surface area contributed by atoms with Gasteiger partial charge in [-0.1, -0.05) is 126 Å². The number of rotatable bonds is 5. The summed E-state index contributed by atoms with van der Waals surface area (Å²) in [5, 5.41) is 2.45. The van der Waals surface area contributed by atoms with E-state index in [1.807, 2.05) is 30.5 Å². The van der Waals surface area contributed by atoms with Gasteiger partial charge in [-0.15, -0.1) is 0 Å². The molecule has 0 atom stereocenters. The van der Waals surface area contributed by atoms with E-state index >= 15 is 0 Å². The molecular formula is C48H43N3. The van der Waals surface area contributed by atoms with Crippen LogP contribution in [0.3, 0.4) is 0 Å². The number of H-pyrrole nitrogens is 1. The van der Waals surface area contributed by atoms with Crippen LogP contribution in [0.5, 0.6) is 0 Å². The lowest BCUT2D eigenvalue weighted by Crippen LogP contribution is -2.11. The molecule has 51 heavy (non-hydrogen) atoms. The first kappa shape index (κ1) is 32.4. The van der Waals surface area contributed by atoms with Crippen molar-refractivity contribution in [3.63, 3.8) is 0 Å². The van der Waals surface area contributed by atoms with Crippen LogP contribution in [-0.4, -0.2) is 15.0 Å². The summed E-state index contributed by atoms with van der Waals surface area (Å²) in [7, 11) is 0. The van der Waals surface area contributed by atoms with Crippen LogP contribution in [0, 0.1) is 0 Å². The van der Waals surface area contributed by atoms with Crippen molar-refractivity contribution >= 4 is 21.8 Å². The number of nitrogens with one attached hydrogen (secondary N) is 1. The van der Waals surface area contributed by atoms with Crippen LogP contribution in [0.25, 0.3) is 77.8 Å². The normalized spacial score (nSPS) is 12.1. The number of pyridine rings is 2. The molecule has 0 aliphatic heterocycles. The third kappa shape index (κ3) is 6.25. The van der Waals surface area contributed by atoms with Crippen LogP contribution in [0.4, 0.5) is 0 Å². The van der Waals surface area contributed by atoms with E-state index in [0.717, 1.165) is 33.7 Å². The molecule has 0 unspecified atom stereocenters. The zero-order chi connectivity index (χ0) is 35.3. The molecule has 0 spiro atoms. The van der Waals surface area contributed by atoms with Crippen molar-refractivity contribution in [2.75, 3.05) is 0 Å². The number of fused-ring (bicyclic) bond motifs is 3. The van der Waals surface area contributed by atoms with Crippen LogP contribution in [0.15, 0.2) is 146 Å². The lowest BCUT2D eigenvalue weighted by Gasteiger charge is -2.22. The lowest BCUT2D eigenvalue weighted by atomic mass is 9.82. The fourth-order valence-electron chi connectivity index (χ4n) is 6.99. The third-order valence-electron chi connectivity index (χ3n) is 10.0. The van der Waals surface area contributed by atoms with Gasteiger partial charge < -0.3 is 4.98 Å². The number of hydrogen-bond acceptors (Lipinski definition) is 2. The van der Waals surface area contributed by atoms with E-state index in [-0.39, 0.29) is 10.8 Å². The zero-order valence-corrected chi connectivity index (χ0v) is 30.3. The highest BCUT2D eigenvalue weighted by atomic mass is 14.8. The van der Waals surface area contributed by atoms with Crippen molar-refractivity contribution < 1.29 is 0 Å². The number of aromatic nitrogens is 3. The Morgan fingerprint density at radius 3 is 1.57 bits per heavy atom. The van der Waals surface area contributed by atoms with Gasteiger partial charge in [-0.3, -0.25) is 4.98 Å². The minimum Gasteiger partial charge on any atom is -0.353 e. The van der Waals surface area contributed by atoms with Crippen LogP contribution >= 0.6 is 0 Å². The largest absolute Gasteiger partial charge is 0.353 e. The standard InChI is InChI=1S/C48H43N3/c1-47(2,3)36-27-38(35-17-12-16-34(26-35)33-23-21-32(22-24-33)31-14-8-7-9-15-31)45-39(28-36)40-29-37(48(4,5)6)30-41(46(40)51-45)42-19-13-20-44(50-42)43-18-10-11-25-49-43/h7-30,51H,1-6H3. The van der Waals surface area contributed by atoms with Crippen molar-refractivity contribution in [1.29, 1.82) is 0 Å². The van der Waals surface area contributed by atoms with E-state index in [1.165, 1.54) is 55.3 Å². The van der Waals surface area contributed by atoms with Gasteiger partial charge >= 0.3 is 0 Å². The van der Waals surface area contributed by atoms with Crippen LogP contribution in [0.2, 0.25) is 0 Å². The molecule has 0 aliphatic rings. The van der Waals surface area contributed by atoms with Gasteiger partial charge in [0.15, 0.2) is 0 Å². The molecule has 0 radical (unpaired) electrons. The van der Waals surface area contributed by atoms with Crippen molar-refractivity contribution in [1.82, 2.24) is 15.0 Å². The SMILES string of the molecule is CC(C)(C)c1cc(-c2cccc(-c3ccc(-c4ccccc4)cc3)c2)c2[nH]c3c(-c4cccc(-c5ccccn5)n4)cc(C(C)(C)C)cc3c2c1. The number of benzene rings is 5. The monoisotopic (exact) mass is 661 g/mol. The molecule has 3 heteroatoms. The Balaban J connectivity index is 1.33. The molecule has 0 fully saturated rings. The summed E-state index contributed by atoms with van der Waals surface area (Å²) in [4.78, 5) is 13.7. The van der Waals surface area contributed by atoms with Gasteiger partial charge in [0.25, 0.3) is 0 Å². The molecule has 0 aliphatic carbocycles. The maximum atomic E-state index is 5.18. The third-order valence-corrected chi connectivity index (χ3v) is 10.0. The first-order valence-electron chi connectivity index (χ1n) is 17.8. The Labute approximate surface area is 301 Å². The van der Waals surface area contributed by atoms with E-state index in [4.69, 9.17) is 4.98 Å². The van der Waals surface area contributed by atoms with E-state index in [2.05, 4.69) is 167 Å². The Morgan fingerprint density at radius 1 is 0.412 bits per heavy atom. The van der Waals surface area contributed by atoms with Gasteiger partial charge in [-0.05, 0) is 104 Å². The molecule has 1 N–H and O–H groups in total. The Bertz CT molecular complexity index is 2510. The van der Waals surface area contributed by atoms with Crippen molar-refractivity contribution in [3.8, 4) is 56.0 Å². The van der Waals surface area contributed by atoms with E-state index in [9.17, 15) is 0 Å². The molecule has 0 bridgehead atoms. The predicted molar refractivity (Wildman–Crippen MR) is 216 cm³/mol. The van der Waals surface area contributed by atoms with Crippen LogP contribution in [0.1, 0.15) is 52.7 Å². The second-order valence-electron chi connectivity index (χ2n) is 15.7. The van der Waals surface area contributed by atoms with Gasteiger partial charge in [0, 0.05) is 28.1 Å². The van der Waals surface area contributed by atoms with Gasteiger partial charge in [0.1, 0.15) is 0 Å². The highest BCUT2D eigenvalue weighted by Gasteiger charge is 2.24. The van der Waals surface area contributed by atoms with E-state index in [1.54, 1.807) is 0 Å². The maximum Gasteiger partial charge on any atom is 0.0893 e. The number of nitrogens with zero attached hydrogens (tertiary/aromatic N) is 2. The van der Waals surface area contributed by atoms with Gasteiger partial charge in [-0.25, -0.2) is 4.98 Å². The summed E-state index contributed by atoms with van der Waals surface area (Å²) in [6, 6.07) is 50.2. The summed E-state index contributed by atoms with van der Waals surface area (Å²) in [6.07, 6.45) is 1.82. The van der Waals surface area contributed by atoms with Gasteiger partial charge in [-0.2, -0.15) is 0 Å². The van der Waals surface area contributed by atoms with Crippen molar-refractivity contribution in [3.05, 3.63) is 157 Å². The lowest BCUT2D eigenvalue weighted by molar-refractivity contribution is 0.590. The van der Waals surface area contributed by atoms with Gasteiger partial charge in [0.2, 0.25) is 0 Å². The molecule has 0 saturated carbocycles. The highest BCUT2D eigenvalue weighted by Crippen LogP contribution is 2.43. The fraction of sp³-hybridized carbons (Fsp3) is 0.167. The van der Waals surface area contributed by atoms with Gasteiger partial charge in [0.05, 0.1) is 28.1 Å². The summed E-state index contributed by atoms with van der Waals surface area (Å²) in [5.41, 5.74) is 15.7. The van der Waals surface area contributed by atoms with Crippen LogP contribution in [-0.2, 0) is 10.8 Å². The first-order valence-corrected chi connectivity index (χ1v) is 17.8. The van der Waals surface area contributed by atoms with E-state index in [0.29, 0.717) is 0 Å². The van der Waals surface area contributed by atoms with Crippen LogP contribution < -0.4 is 0 Å². The first-order chi connectivity index (χ1) is 24.5. The second kappa shape index (κ2) is 12.5. The fourth-order valence-corrected chi connectivity index (χ4v) is 6.99. The molecule has 250 valence electrons. The molecule has 3 heterocycles. The Hall–Kier alpha value is -5.80. The Morgan fingerprint density at radius 2 is 0.922 bits per heavy atom. The van der Waals surface area contributed by atoms with E-state index < -0.39 is 0 Å². The summed E-state index contributed by atoms with van der Waals surface area (Å²) < 4.78 is 0. The maximum absolute atomic E-state index is 5.18. The molecule has 3 nitrogen and oxygen atoms in total. The highest BCUT2D eigenvalue weighted by molar-refractivity contribution is 6.16. The van der Waals surface area contributed by atoms with Crippen molar-refractivity contribution in [2.24, 2.45) is 0 Å². The summed E-state index contributed by atoms with van der Waals surface area (Å²) in [6.45, 7) is 13.8. The zero-order valence-electron chi connectivity index (χ0n) is 30.3. The minimum absolute atomic E-state index is 0.0412. The average Bonchev–Trinajstić information content (AvgIpc) is 3.53. The van der Waals surface area contributed by atoms with Crippen molar-refractivity contribution in [2.45, 2.75) is 52.4 Å². The quantitative estimate of drug-likeness (QED) is 0.199. The molecule has 3 aromatic heterocycles. The summed E-state index contributed by atoms with van der Waals surface area (Å²) >= 11 is 0. The smallest absolute Gasteiger partial charge is 0.0893 e. The Kier molecular flexibility index (Phi) is 7.95. The molecule has 0 saturated heterocycles. The minimum atomic E-state index is -0.0556. The number of hydrogen-bond donors (Lipinski definition) is 1. The predicted octanol–water partition coefficient (Wildman–Crippen LogP) is 13.0. The molecular weight excluding hydrogens is 619 g/mol. The topological polar surface area (TPSA) is 41.6 Å².